The summed E-state index contributed by atoms with van der Waals surface area (Å²) in [4.78, 5) is 13.2. The van der Waals surface area contributed by atoms with Crippen molar-refractivity contribution in [2.45, 2.75) is 12.5 Å². The zero-order valence-corrected chi connectivity index (χ0v) is 9.30. The summed E-state index contributed by atoms with van der Waals surface area (Å²) in [5.74, 6) is -0.876. The van der Waals surface area contributed by atoms with E-state index in [4.69, 9.17) is 10.6 Å². The second kappa shape index (κ2) is 6.62. The van der Waals surface area contributed by atoms with E-state index in [1.807, 2.05) is 0 Å². The summed E-state index contributed by atoms with van der Waals surface area (Å²) in [5, 5.41) is 11.9. The van der Waals surface area contributed by atoms with E-state index in [1.54, 1.807) is 12.1 Å². The lowest BCUT2D eigenvalue weighted by Crippen LogP contribution is -2.19. The highest BCUT2D eigenvalue weighted by atomic mass is 32.2. The van der Waals surface area contributed by atoms with E-state index in [2.05, 4.69) is 14.2 Å². The molecule has 1 N–H and O–H groups in total. The summed E-state index contributed by atoms with van der Waals surface area (Å²) in [6.45, 7) is 0. The zero-order chi connectivity index (χ0) is 12.7. The van der Waals surface area contributed by atoms with Crippen LogP contribution in [0.15, 0.2) is 29.4 Å². The van der Waals surface area contributed by atoms with Crippen molar-refractivity contribution in [2.75, 3.05) is 0 Å². The lowest BCUT2D eigenvalue weighted by Gasteiger charge is -2.06. The number of halogens is 1. The van der Waals surface area contributed by atoms with Crippen LogP contribution in [0, 0.1) is 0 Å². The fourth-order valence-electron chi connectivity index (χ4n) is 1.18. The third kappa shape index (κ3) is 4.21. The number of rotatable bonds is 6. The van der Waals surface area contributed by atoms with Crippen molar-refractivity contribution in [1.82, 2.24) is 0 Å². The van der Waals surface area contributed by atoms with Gasteiger partial charge in [-0.15, -0.1) is 3.89 Å². The molecule has 0 aliphatic carbocycles. The Bertz CT molecular complexity index is 432. The first-order chi connectivity index (χ1) is 8.17. The van der Waals surface area contributed by atoms with Gasteiger partial charge in [-0.25, -0.2) is 0 Å². The first-order valence-corrected chi connectivity index (χ1v) is 5.12. The van der Waals surface area contributed by atoms with E-state index in [0.717, 1.165) is 0 Å². The molecule has 8 heteroatoms. The van der Waals surface area contributed by atoms with Gasteiger partial charge in [0.1, 0.15) is 11.8 Å². The van der Waals surface area contributed by atoms with Crippen LogP contribution in [0.3, 0.4) is 0 Å². The summed E-state index contributed by atoms with van der Waals surface area (Å²) >= 11 is -0.273. The fraction of sp³-hybridized carbons (Fsp3) is 0.222. The predicted octanol–water partition coefficient (Wildman–Crippen LogP) is 2.90. The van der Waals surface area contributed by atoms with Crippen LogP contribution >= 0.6 is 12.4 Å². The Kier molecular flexibility index (Phi) is 5.12. The van der Waals surface area contributed by atoms with Gasteiger partial charge in [-0.05, 0) is 29.6 Å². The van der Waals surface area contributed by atoms with Crippen molar-refractivity contribution in [3.05, 3.63) is 40.3 Å². The van der Waals surface area contributed by atoms with E-state index in [-0.39, 0.29) is 18.8 Å². The number of aliphatic carboxylic acids is 1. The van der Waals surface area contributed by atoms with Gasteiger partial charge >= 0.3 is 5.97 Å². The fourth-order valence-corrected chi connectivity index (χ4v) is 1.36. The maximum Gasteiger partial charge on any atom is 0.312 e. The molecule has 0 saturated carbocycles. The standard InChI is InChI=1S/C9H8FN3O3S/c10-17-16-7-3-1-6(2-4-7)5-8(9(14)15)12-13-11/h1-4,8H,5H2,(H,14,15)/t8-/m0/s1. The molecular weight excluding hydrogens is 249 g/mol. The number of benzene rings is 1. The summed E-state index contributed by atoms with van der Waals surface area (Å²) < 4.78 is 16.3. The number of carbonyl (C=O) groups is 1. The molecule has 90 valence electrons. The molecule has 0 amide bonds. The number of nitrogens with zero attached hydrogens (tertiary/aromatic N) is 3. The summed E-state index contributed by atoms with van der Waals surface area (Å²) in [7, 11) is 0. The van der Waals surface area contributed by atoms with Crippen molar-refractivity contribution < 1.29 is 18.0 Å². The van der Waals surface area contributed by atoms with Crippen molar-refractivity contribution in [2.24, 2.45) is 5.11 Å². The van der Waals surface area contributed by atoms with Gasteiger partial charge in [0.2, 0.25) is 0 Å². The highest BCUT2D eigenvalue weighted by Crippen LogP contribution is 2.18. The van der Waals surface area contributed by atoms with Crippen LogP contribution < -0.4 is 4.18 Å². The topological polar surface area (TPSA) is 95.3 Å². The van der Waals surface area contributed by atoms with Crippen LogP contribution in [0.1, 0.15) is 5.56 Å². The molecule has 0 aliphatic rings. The van der Waals surface area contributed by atoms with Gasteiger partial charge in [-0.3, -0.25) is 4.79 Å². The second-order valence-electron chi connectivity index (χ2n) is 3.05. The van der Waals surface area contributed by atoms with Crippen LogP contribution in [0.5, 0.6) is 5.75 Å². The Morgan fingerprint density at radius 3 is 2.71 bits per heavy atom. The van der Waals surface area contributed by atoms with Crippen LogP contribution in [-0.2, 0) is 11.2 Å². The number of carboxylic acids is 1. The van der Waals surface area contributed by atoms with Gasteiger partial charge < -0.3 is 9.29 Å². The minimum absolute atomic E-state index is 0.0719. The molecule has 1 atom stereocenters. The molecule has 17 heavy (non-hydrogen) atoms. The summed E-state index contributed by atoms with van der Waals surface area (Å²) in [6.07, 6.45) is 0.0719. The van der Waals surface area contributed by atoms with Crippen LogP contribution in [0.2, 0.25) is 0 Å². The van der Waals surface area contributed by atoms with Crippen molar-refractivity contribution in [3.8, 4) is 5.75 Å². The van der Waals surface area contributed by atoms with Gasteiger partial charge in [-0.2, -0.15) is 0 Å². The average Bonchev–Trinajstić information content (AvgIpc) is 2.31. The molecule has 1 aromatic carbocycles. The molecule has 0 fully saturated rings. The molecule has 6 nitrogen and oxygen atoms in total. The van der Waals surface area contributed by atoms with Gasteiger partial charge in [0.25, 0.3) is 12.4 Å². The quantitative estimate of drug-likeness (QED) is 0.367. The van der Waals surface area contributed by atoms with E-state index < -0.39 is 12.0 Å². The Morgan fingerprint density at radius 2 is 2.24 bits per heavy atom. The second-order valence-corrected chi connectivity index (χ2v) is 3.35. The lowest BCUT2D eigenvalue weighted by molar-refractivity contribution is -0.138. The maximum absolute atomic E-state index is 11.8. The molecule has 0 aliphatic heterocycles. The summed E-state index contributed by atoms with van der Waals surface area (Å²) in [6, 6.07) is 5.00. The van der Waals surface area contributed by atoms with Crippen LogP contribution in [0.4, 0.5) is 3.89 Å². The highest BCUT2D eigenvalue weighted by Gasteiger charge is 2.15. The maximum atomic E-state index is 11.8. The molecule has 0 spiro atoms. The Morgan fingerprint density at radius 1 is 1.59 bits per heavy atom. The molecule has 0 heterocycles. The first kappa shape index (κ1) is 13.1. The minimum Gasteiger partial charge on any atom is -0.481 e. The van der Waals surface area contributed by atoms with E-state index in [9.17, 15) is 8.68 Å². The zero-order valence-electron chi connectivity index (χ0n) is 8.49. The van der Waals surface area contributed by atoms with E-state index in [0.29, 0.717) is 11.3 Å². The molecule has 0 unspecified atom stereocenters. The van der Waals surface area contributed by atoms with Crippen molar-refractivity contribution in [3.63, 3.8) is 0 Å². The number of azide groups is 1. The van der Waals surface area contributed by atoms with Gasteiger partial charge in [0.05, 0.1) is 0 Å². The lowest BCUT2D eigenvalue weighted by atomic mass is 10.1. The summed E-state index contributed by atoms with van der Waals surface area (Å²) in [5.41, 5.74) is 8.86. The molecule has 0 radical (unpaired) electrons. The number of hydrogen-bond donors (Lipinski definition) is 1. The van der Waals surface area contributed by atoms with Crippen LogP contribution in [0.25, 0.3) is 10.4 Å². The molecule has 1 rings (SSSR count). The molecule has 0 saturated heterocycles. The van der Waals surface area contributed by atoms with E-state index >= 15 is 0 Å². The Hall–Kier alpha value is -1.92. The van der Waals surface area contributed by atoms with Crippen LogP contribution in [-0.4, -0.2) is 17.1 Å². The normalized spacial score (nSPS) is 11.4. The highest BCUT2D eigenvalue weighted by molar-refractivity contribution is 7.89. The van der Waals surface area contributed by atoms with Crippen molar-refractivity contribution >= 4 is 18.4 Å². The monoisotopic (exact) mass is 257 g/mol. The van der Waals surface area contributed by atoms with E-state index in [1.165, 1.54) is 12.1 Å². The third-order valence-corrected chi connectivity index (χ3v) is 2.21. The smallest absolute Gasteiger partial charge is 0.312 e. The van der Waals surface area contributed by atoms with Gasteiger partial charge in [0.15, 0.2) is 0 Å². The third-order valence-electron chi connectivity index (χ3n) is 1.96. The first-order valence-electron chi connectivity index (χ1n) is 4.48. The average molecular weight is 257 g/mol. The molecule has 1 aromatic rings. The van der Waals surface area contributed by atoms with Gasteiger partial charge in [0, 0.05) is 4.91 Å². The Labute approximate surface area is 101 Å². The van der Waals surface area contributed by atoms with Gasteiger partial charge in [-0.1, -0.05) is 17.2 Å². The van der Waals surface area contributed by atoms with Crippen molar-refractivity contribution in [1.29, 1.82) is 0 Å². The minimum atomic E-state index is -1.19. The molecule has 0 bridgehead atoms. The molecular formula is C9H8FN3O3S. The SMILES string of the molecule is [N-]=[N+]=N[C@@H](Cc1ccc(OSF)cc1)C(=O)O. The Balaban J connectivity index is 2.73. The molecule has 0 aromatic heterocycles. The number of carboxylic acid groups (broad SMARTS) is 1. The predicted molar refractivity (Wildman–Crippen MR) is 60.0 cm³/mol. The largest absolute Gasteiger partial charge is 0.481 e. The number of hydrogen-bond acceptors (Lipinski definition) is 4.